The fourth-order valence-electron chi connectivity index (χ4n) is 1.20. The first kappa shape index (κ1) is 10.7. The van der Waals surface area contributed by atoms with Gasteiger partial charge in [-0.1, -0.05) is 13.8 Å². The van der Waals surface area contributed by atoms with Gasteiger partial charge >= 0.3 is 0 Å². The van der Waals surface area contributed by atoms with E-state index in [0.717, 1.165) is 0 Å². The number of carbonyl (C=O) groups excluding carboxylic acids is 1. The van der Waals surface area contributed by atoms with Crippen molar-refractivity contribution in [3.63, 3.8) is 0 Å². The van der Waals surface area contributed by atoms with Gasteiger partial charge in [-0.25, -0.2) is 0 Å². The number of amides is 1. The highest BCUT2D eigenvalue weighted by atomic mass is 16.1. The Morgan fingerprint density at radius 1 is 1.43 bits per heavy atom. The Kier molecular flexibility index (Phi) is 3.62. The Morgan fingerprint density at radius 2 is 2.00 bits per heavy atom. The number of rotatable bonds is 4. The van der Waals surface area contributed by atoms with Crippen molar-refractivity contribution < 1.29 is 4.79 Å². The van der Waals surface area contributed by atoms with Crippen LogP contribution in [0.3, 0.4) is 0 Å². The molecule has 1 aromatic rings. The molecule has 5 nitrogen and oxygen atoms in total. The van der Waals surface area contributed by atoms with E-state index in [1.54, 1.807) is 17.2 Å². The Hall–Kier alpha value is -1.39. The lowest BCUT2D eigenvalue weighted by atomic mass is 10.0. The van der Waals surface area contributed by atoms with Crippen LogP contribution in [0.2, 0.25) is 0 Å². The molecule has 0 aliphatic carbocycles. The standard InChI is InChI=1S/C9H16N4O/c1-7(2)9(12-8(3)14)6-13-10-4-5-11-13/h4-5,7,9H,6H2,1-3H3,(H,12,14). The van der Waals surface area contributed by atoms with Crippen LogP contribution in [0.1, 0.15) is 20.8 Å². The van der Waals surface area contributed by atoms with Crippen molar-refractivity contribution in [3.05, 3.63) is 12.4 Å². The zero-order valence-electron chi connectivity index (χ0n) is 8.77. The molecule has 1 N–H and O–H groups in total. The molecule has 14 heavy (non-hydrogen) atoms. The third kappa shape index (κ3) is 3.16. The molecule has 1 aromatic heterocycles. The number of nitrogens with zero attached hydrogens (tertiary/aromatic N) is 3. The molecule has 1 unspecified atom stereocenters. The summed E-state index contributed by atoms with van der Waals surface area (Å²) in [6, 6.07) is 0.0832. The Balaban J connectivity index is 2.56. The summed E-state index contributed by atoms with van der Waals surface area (Å²) in [5.74, 6) is 0.348. The van der Waals surface area contributed by atoms with Crippen molar-refractivity contribution >= 4 is 5.91 Å². The fourth-order valence-corrected chi connectivity index (χ4v) is 1.20. The molecule has 1 heterocycles. The number of nitrogens with one attached hydrogen (secondary N) is 1. The van der Waals surface area contributed by atoms with Gasteiger partial charge in [0, 0.05) is 6.92 Å². The van der Waals surface area contributed by atoms with E-state index in [1.165, 1.54) is 6.92 Å². The van der Waals surface area contributed by atoms with Crippen LogP contribution in [0.5, 0.6) is 0 Å². The van der Waals surface area contributed by atoms with Crippen LogP contribution in [-0.4, -0.2) is 26.9 Å². The zero-order valence-corrected chi connectivity index (χ0v) is 8.77. The summed E-state index contributed by atoms with van der Waals surface area (Å²) in [6.07, 6.45) is 3.26. The molecule has 0 fully saturated rings. The summed E-state index contributed by atoms with van der Waals surface area (Å²) < 4.78 is 0. The molecule has 1 rings (SSSR count). The van der Waals surface area contributed by atoms with E-state index < -0.39 is 0 Å². The van der Waals surface area contributed by atoms with Crippen molar-refractivity contribution in [2.75, 3.05) is 0 Å². The van der Waals surface area contributed by atoms with Gasteiger partial charge < -0.3 is 5.32 Å². The first-order valence-electron chi connectivity index (χ1n) is 4.71. The molecule has 1 atom stereocenters. The first-order valence-corrected chi connectivity index (χ1v) is 4.71. The van der Waals surface area contributed by atoms with Crippen LogP contribution in [0.15, 0.2) is 12.4 Å². The summed E-state index contributed by atoms with van der Waals surface area (Å²) >= 11 is 0. The quantitative estimate of drug-likeness (QED) is 0.760. The maximum Gasteiger partial charge on any atom is 0.217 e. The number of hydrogen-bond donors (Lipinski definition) is 1. The van der Waals surface area contributed by atoms with Crippen LogP contribution < -0.4 is 5.32 Å². The van der Waals surface area contributed by atoms with Gasteiger partial charge in [0.25, 0.3) is 0 Å². The van der Waals surface area contributed by atoms with Gasteiger partial charge in [-0.3, -0.25) is 4.79 Å². The van der Waals surface area contributed by atoms with Crippen molar-refractivity contribution in [2.24, 2.45) is 5.92 Å². The van der Waals surface area contributed by atoms with Crippen molar-refractivity contribution in [1.29, 1.82) is 0 Å². The third-order valence-electron chi connectivity index (χ3n) is 2.02. The van der Waals surface area contributed by atoms with Crippen LogP contribution in [0, 0.1) is 5.92 Å². The first-order chi connectivity index (χ1) is 6.59. The minimum atomic E-state index is -0.0177. The summed E-state index contributed by atoms with van der Waals surface area (Å²) in [7, 11) is 0. The summed E-state index contributed by atoms with van der Waals surface area (Å²) in [5, 5.41) is 10.9. The van der Waals surface area contributed by atoms with Crippen molar-refractivity contribution in [1.82, 2.24) is 20.3 Å². The average molecular weight is 196 g/mol. The largest absolute Gasteiger partial charge is 0.351 e. The maximum atomic E-state index is 10.9. The maximum absolute atomic E-state index is 10.9. The highest BCUT2D eigenvalue weighted by Crippen LogP contribution is 2.03. The second kappa shape index (κ2) is 4.74. The molecular weight excluding hydrogens is 180 g/mol. The smallest absolute Gasteiger partial charge is 0.217 e. The van der Waals surface area contributed by atoms with Gasteiger partial charge in [0.1, 0.15) is 0 Å². The molecule has 0 aliphatic heterocycles. The predicted molar refractivity (Wildman–Crippen MR) is 52.5 cm³/mol. The monoisotopic (exact) mass is 196 g/mol. The number of aromatic nitrogens is 3. The topological polar surface area (TPSA) is 59.8 Å². The van der Waals surface area contributed by atoms with E-state index in [-0.39, 0.29) is 11.9 Å². The SMILES string of the molecule is CC(=O)NC(Cn1nccn1)C(C)C. The highest BCUT2D eigenvalue weighted by Gasteiger charge is 2.15. The van der Waals surface area contributed by atoms with Gasteiger partial charge in [-0.15, -0.1) is 0 Å². The van der Waals surface area contributed by atoms with E-state index in [1.807, 2.05) is 0 Å². The van der Waals surface area contributed by atoms with E-state index >= 15 is 0 Å². The molecule has 5 heteroatoms. The minimum Gasteiger partial charge on any atom is -0.351 e. The molecule has 0 aromatic carbocycles. The van der Waals surface area contributed by atoms with Gasteiger partial charge in [0.05, 0.1) is 25.0 Å². The molecule has 0 saturated carbocycles. The molecular formula is C9H16N4O. The van der Waals surface area contributed by atoms with Gasteiger partial charge in [-0.05, 0) is 5.92 Å². The van der Waals surface area contributed by atoms with E-state index in [4.69, 9.17) is 0 Å². The summed E-state index contributed by atoms with van der Waals surface area (Å²) in [5.41, 5.74) is 0. The number of carbonyl (C=O) groups is 1. The Bertz CT molecular complexity index is 281. The third-order valence-corrected chi connectivity index (χ3v) is 2.02. The second-order valence-corrected chi connectivity index (χ2v) is 3.63. The molecule has 0 radical (unpaired) electrons. The molecule has 78 valence electrons. The second-order valence-electron chi connectivity index (χ2n) is 3.63. The molecule has 1 amide bonds. The Labute approximate surface area is 83.5 Å². The van der Waals surface area contributed by atoms with Gasteiger partial charge in [-0.2, -0.15) is 15.0 Å². The predicted octanol–water partition coefficient (Wildman–Crippen LogP) is 0.439. The van der Waals surface area contributed by atoms with E-state index in [9.17, 15) is 4.79 Å². The van der Waals surface area contributed by atoms with Gasteiger partial charge in [0.2, 0.25) is 5.91 Å². The lowest BCUT2D eigenvalue weighted by molar-refractivity contribution is -0.120. The normalized spacial score (nSPS) is 12.9. The van der Waals surface area contributed by atoms with E-state index in [0.29, 0.717) is 12.5 Å². The fraction of sp³-hybridized carbons (Fsp3) is 0.667. The number of hydrogen-bond acceptors (Lipinski definition) is 3. The molecule has 0 aliphatic rings. The van der Waals surface area contributed by atoms with Crippen LogP contribution >= 0.6 is 0 Å². The van der Waals surface area contributed by atoms with Crippen molar-refractivity contribution in [3.8, 4) is 0 Å². The van der Waals surface area contributed by atoms with Crippen molar-refractivity contribution in [2.45, 2.75) is 33.4 Å². The average Bonchev–Trinajstić information content (AvgIpc) is 2.54. The molecule has 0 spiro atoms. The summed E-state index contributed by atoms with van der Waals surface area (Å²) in [6.45, 7) is 6.25. The van der Waals surface area contributed by atoms with Gasteiger partial charge in [0.15, 0.2) is 0 Å². The van der Waals surface area contributed by atoms with E-state index in [2.05, 4.69) is 29.4 Å². The minimum absolute atomic E-state index is 0.0177. The molecule has 0 bridgehead atoms. The Morgan fingerprint density at radius 3 is 2.43 bits per heavy atom. The van der Waals surface area contributed by atoms with Crippen LogP contribution in [0.25, 0.3) is 0 Å². The lowest BCUT2D eigenvalue weighted by Crippen LogP contribution is -2.40. The molecule has 0 saturated heterocycles. The van der Waals surface area contributed by atoms with Crippen LogP contribution in [0.4, 0.5) is 0 Å². The zero-order chi connectivity index (χ0) is 10.6. The van der Waals surface area contributed by atoms with Crippen LogP contribution in [-0.2, 0) is 11.3 Å². The highest BCUT2D eigenvalue weighted by molar-refractivity contribution is 5.73. The lowest BCUT2D eigenvalue weighted by Gasteiger charge is -2.20. The summed E-state index contributed by atoms with van der Waals surface area (Å²) in [4.78, 5) is 12.5.